The molecule has 0 aromatic carbocycles. The van der Waals surface area contributed by atoms with Crippen LogP contribution in [0.1, 0.15) is 12.0 Å². The van der Waals surface area contributed by atoms with Crippen LogP contribution in [0.5, 0.6) is 0 Å². The number of nitrogens with two attached hydrogens (primary N) is 1. The van der Waals surface area contributed by atoms with Crippen LogP contribution in [0, 0.1) is 0 Å². The van der Waals surface area contributed by atoms with Crippen molar-refractivity contribution in [2.75, 3.05) is 13.7 Å². The zero-order valence-electron chi connectivity index (χ0n) is 8.82. The van der Waals surface area contributed by atoms with Crippen molar-refractivity contribution in [3.63, 3.8) is 0 Å². The summed E-state index contributed by atoms with van der Waals surface area (Å²) in [5, 5.41) is 2.75. The zero-order chi connectivity index (χ0) is 11.1. The van der Waals surface area contributed by atoms with Gasteiger partial charge >= 0.3 is 0 Å². The van der Waals surface area contributed by atoms with E-state index in [1.807, 2.05) is 18.5 Å². The molecule has 1 amide bonds. The Hall–Kier alpha value is -1.33. The van der Waals surface area contributed by atoms with Gasteiger partial charge in [-0.25, -0.2) is 0 Å². The van der Waals surface area contributed by atoms with E-state index in [2.05, 4.69) is 10.3 Å². The quantitative estimate of drug-likeness (QED) is 0.619. The molecular formula is C10H17N3O2. The van der Waals surface area contributed by atoms with Crippen molar-refractivity contribution in [3.8, 4) is 0 Å². The SMILES string of the molecule is COCCC(N)C(=O)NCc1cc[nH]c1. The fraction of sp³-hybridized carbons (Fsp3) is 0.500. The molecule has 5 nitrogen and oxygen atoms in total. The number of ether oxygens (including phenoxy) is 1. The van der Waals surface area contributed by atoms with Crippen molar-refractivity contribution in [1.82, 2.24) is 10.3 Å². The van der Waals surface area contributed by atoms with Gasteiger partial charge in [0.15, 0.2) is 0 Å². The van der Waals surface area contributed by atoms with Crippen LogP contribution in [-0.4, -0.2) is 30.6 Å². The highest BCUT2D eigenvalue weighted by atomic mass is 16.5. The molecule has 0 aliphatic rings. The van der Waals surface area contributed by atoms with E-state index in [9.17, 15) is 4.79 Å². The number of amides is 1. The summed E-state index contributed by atoms with van der Waals surface area (Å²) >= 11 is 0. The molecule has 0 saturated carbocycles. The molecule has 1 heterocycles. The third kappa shape index (κ3) is 4.14. The molecule has 0 aliphatic heterocycles. The maximum Gasteiger partial charge on any atom is 0.237 e. The smallest absolute Gasteiger partial charge is 0.237 e. The maximum absolute atomic E-state index is 11.4. The topological polar surface area (TPSA) is 80.1 Å². The Bertz CT molecular complexity index is 285. The van der Waals surface area contributed by atoms with Gasteiger partial charge in [-0.15, -0.1) is 0 Å². The Balaban J connectivity index is 2.23. The van der Waals surface area contributed by atoms with Gasteiger partial charge in [0.25, 0.3) is 0 Å². The molecular weight excluding hydrogens is 194 g/mol. The van der Waals surface area contributed by atoms with Crippen molar-refractivity contribution in [1.29, 1.82) is 0 Å². The lowest BCUT2D eigenvalue weighted by Gasteiger charge is -2.10. The highest BCUT2D eigenvalue weighted by Gasteiger charge is 2.12. The molecule has 0 fully saturated rings. The highest BCUT2D eigenvalue weighted by molar-refractivity contribution is 5.81. The molecule has 15 heavy (non-hydrogen) atoms. The Morgan fingerprint density at radius 3 is 3.13 bits per heavy atom. The highest BCUT2D eigenvalue weighted by Crippen LogP contribution is 1.96. The number of hydrogen-bond donors (Lipinski definition) is 3. The summed E-state index contributed by atoms with van der Waals surface area (Å²) in [7, 11) is 1.59. The monoisotopic (exact) mass is 211 g/mol. The summed E-state index contributed by atoms with van der Waals surface area (Å²) in [6, 6.07) is 1.41. The van der Waals surface area contributed by atoms with Gasteiger partial charge in [0.05, 0.1) is 6.04 Å². The molecule has 4 N–H and O–H groups in total. The predicted octanol–water partition coefficient (Wildman–Crippen LogP) is -0.00530. The molecule has 0 aliphatic carbocycles. The number of aromatic nitrogens is 1. The first kappa shape index (κ1) is 11.7. The fourth-order valence-corrected chi connectivity index (χ4v) is 1.16. The molecule has 84 valence electrons. The van der Waals surface area contributed by atoms with Gasteiger partial charge in [-0.3, -0.25) is 4.79 Å². The minimum atomic E-state index is -0.496. The van der Waals surface area contributed by atoms with Crippen molar-refractivity contribution >= 4 is 5.91 Å². The molecule has 0 radical (unpaired) electrons. The van der Waals surface area contributed by atoms with Crippen LogP contribution in [0.4, 0.5) is 0 Å². The van der Waals surface area contributed by atoms with Gasteiger partial charge in [0.2, 0.25) is 5.91 Å². The number of rotatable bonds is 6. The number of methoxy groups -OCH3 is 1. The largest absolute Gasteiger partial charge is 0.385 e. The third-order valence-corrected chi connectivity index (χ3v) is 2.10. The van der Waals surface area contributed by atoms with Gasteiger partial charge < -0.3 is 20.8 Å². The van der Waals surface area contributed by atoms with Crippen LogP contribution in [0.3, 0.4) is 0 Å². The fourth-order valence-electron chi connectivity index (χ4n) is 1.16. The van der Waals surface area contributed by atoms with E-state index in [4.69, 9.17) is 10.5 Å². The Morgan fingerprint density at radius 1 is 1.73 bits per heavy atom. The second kappa shape index (κ2) is 6.21. The van der Waals surface area contributed by atoms with Crippen LogP contribution in [0.2, 0.25) is 0 Å². The van der Waals surface area contributed by atoms with Crippen molar-refractivity contribution in [3.05, 3.63) is 24.0 Å². The van der Waals surface area contributed by atoms with Crippen LogP contribution >= 0.6 is 0 Å². The summed E-state index contributed by atoms with van der Waals surface area (Å²) in [5.41, 5.74) is 6.67. The lowest BCUT2D eigenvalue weighted by molar-refractivity contribution is -0.122. The van der Waals surface area contributed by atoms with Crippen molar-refractivity contribution in [2.45, 2.75) is 19.0 Å². The molecule has 0 spiro atoms. The van der Waals surface area contributed by atoms with E-state index in [1.54, 1.807) is 7.11 Å². The predicted molar refractivity (Wildman–Crippen MR) is 57.1 cm³/mol. The van der Waals surface area contributed by atoms with E-state index in [-0.39, 0.29) is 5.91 Å². The van der Waals surface area contributed by atoms with Crippen LogP contribution in [0.25, 0.3) is 0 Å². The molecule has 5 heteroatoms. The lowest BCUT2D eigenvalue weighted by atomic mass is 10.2. The van der Waals surface area contributed by atoms with Gasteiger partial charge in [0.1, 0.15) is 0 Å². The molecule has 1 unspecified atom stereocenters. The molecule has 1 aromatic rings. The number of carbonyl (C=O) groups is 1. The lowest BCUT2D eigenvalue weighted by Crippen LogP contribution is -2.40. The first-order valence-electron chi connectivity index (χ1n) is 4.88. The minimum absolute atomic E-state index is 0.145. The van der Waals surface area contributed by atoms with Gasteiger partial charge in [-0.05, 0) is 18.1 Å². The maximum atomic E-state index is 11.4. The second-order valence-corrected chi connectivity index (χ2v) is 3.33. The van der Waals surface area contributed by atoms with Crippen molar-refractivity contribution in [2.24, 2.45) is 5.73 Å². The third-order valence-electron chi connectivity index (χ3n) is 2.10. The Labute approximate surface area is 89.0 Å². The zero-order valence-corrected chi connectivity index (χ0v) is 8.82. The van der Waals surface area contributed by atoms with Crippen LogP contribution in [-0.2, 0) is 16.1 Å². The van der Waals surface area contributed by atoms with Gasteiger partial charge in [-0.2, -0.15) is 0 Å². The standard InChI is InChI=1S/C10H17N3O2/c1-15-5-3-9(11)10(14)13-7-8-2-4-12-6-8/h2,4,6,9,12H,3,5,7,11H2,1H3,(H,13,14). The first-order chi connectivity index (χ1) is 7.24. The van der Waals surface area contributed by atoms with E-state index >= 15 is 0 Å². The first-order valence-corrected chi connectivity index (χ1v) is 4.88. The summed E-state index contributed by atoms with van der Waals surface area (Å²) in [6.07, 6.45) is 4.18. The van der Waals surface area contributed by atoms with Crippen LogP contribution < -0.4 is 11.1 Å². The summed E-state index contributed by atoms with van der Waals surface area (Å²) < 4.78 is 4.85. The molecule has 1 aromatic heterocycles. The van der Waals surface area contributed by atoms with Gasteiger partial charge in [-0.1, -0.05) is 0 Å². The Morgan fingerprint density at radius 2 is 2.53 bits per heavy atom. The number of carbonyl (C=O) groups excluding carboxylic acids is 1. The summed E-state index contributed by atoms with van der Waals surface area (Å²) in [5.74, 6) is -0.145. The average Bonchev–Trinajstić information content (AvgIpc) is 2.75. The summed E-state index contributed by atoms with van der Waals surface area (Å²) in [6.45, 7) is 1.00. The molecule has 0 saturated heterocycles. The molecule has 1 atom stereocenters. The minimum Gasteiger partial charge on any atom is -0.385 e. The number of aromatic amines is 1. The second-order valence-electron chi connectivity index (χ2n) is 3.33. The molecule has 1 rings (SSSR count). The van der Waals surface area contributed by atoms with E-state index in [1.165, 1.54) is 0 Å². The Kier molecular flexibility index (Phi) is 4.86. The van der Waals surface area contributed by atoms with E-state index < -0.39 is 6.04 Å². The average molecular weight is 211 g/mol. The van der Waals surface area contributed by atoms with E-state index in [0.717, 1.165) is 5.56 Å². The van der Waals surface area contributed by atoms with Crippen LogP contribution in [0.15, 0.2) is 18.5 Å². The van der Waals surface area contributed by atoms with E-state index in [0.29, 0.717) is 19.6 Å². The number of H-pyrrole nitrogens is 1. The molecule has 0 bridgehead atoms. The van der Waals surface area contributed by atoms with Gasteiger partial charge in [0, 0.05) is 32.7 Å². The number of hydrogen-bond acceptors (Lipinski definition) is 3. The summed E-state index contributed by atoms with van der Waals surface area (Å²) in [4.78, 5) is 14.4. The number of nitrogens with one attached hydrogen (secondary N) is 2. The normalized spacial score (nSPS) is 12.4. The van der Waals surface area contributed by atoms with Crippen molar-refractivity contribution < 1.29 is 9.53 Å².